The van der Waals surface area contributed by atoms with Gasteiger partial charge in [-0.3, -0.25) is 0 Å². The Morgan fingerprint density at radius 1 is 1.69 bits per heavy atom. The number of halogens is 1. The standard InChI is InChI=1S/C9H8ClN3/c10-9-7(3-1-2-5-11)8(12)4-6-13-9/h1,3-4,6H,2H2,(H2,12,13). The van der Waals surface area contributed by atoms with E-state index in [9.17, 15) is 0 Å². The van der Waals surface area contributed by atoms with Gasteiger partial charge in [-0.2, -0.15) is 5.26 Å². The van der Waals surface area contributed by atoms with E-state index in [1.807, 2.05) is 6.07 Å². The molecular weight excluding hydrogens is 186 g/mol. The van der Waals surface area contributed by atoms with Gasteiger partial charge in [-0.25, -0.2) is 4.98 Å². The van der Waals surface area contributed by atoms with Gasteiger partial charge < -0.3 is 5.73 Å². The van der Waals surface area contributed by atoms with Gasteiger partial charge in [0, 0.05) is 17.4 Å². The van der Waals surface area contributed by atoms with Gasteiger partial charge in [-0.05, 0) is 6.07 Å². The normalized spacial score (nSPS) is 10.2. The minimum absolute atomic E-state index is 0.338. The molecule has 66 valence electrons. The molecule has 0 amide bonds. The number of nitrogens with two attached hydrogens (primary N) is 1. The van der Waals surface area contributed by atoms with Crippen molar-refractivity contribution in [3.05, 3.63) is 29.1 Å². The van der Waals surface area contributed by atoms with Crippen LogP contribution in [0.25, 0.3) is 6.08 Å². The molecule has 0 aliphatic carbocycles. The highest BCUT2D eigenvalue weighted by molar-refractivity contribution is 6.31. The summed E-state index contributed by atoms with van der Waals surface area (Å²) in [5.41, 5.74) is 6.88. The monoisotopic (exact) mass is 193 g/mol. The zero-order chi connectivity index (χ0) is 9.68. The third-order valence-electron chi connectivity index (χ3n) is 1.47. The lowest BCUT2D eigenvalue weighted by molar-refractivity contribution is 1.31. The summed E-state index contributed by atoms with van der Waals surface area (Å²) in [5, 5.41) is 8.66. The Morgan fingerprint density at radius 2 is 2.46 bits per heavy atom. The van der Waals surface area contributed by atoms with E-state index in [1.54, 1.807) is 24.4 Å². The van der Waals surface area contributed by atoms with Gasteiger partial charge in [0.25, 0.3) is 0 Å². The number of aromatic nitrogens is 1. The largest absolute Gasteiger partial charge is 0.398 e. The lowest BCUT2D eigenvalue weighted by Gasteiger charge is -2.00. The van der Waals surface area contributed by atoms with Crippen LogP contribution >= 0.6 is 11.6 Å². The number of nitrogens with zero attached hydrogens (tertiary/aromatic N) is 2. The summed E-state index contributed by atoms with van der Waals surface area (Å²) >= 11 is 5.78. The van der Waals surface area contributed by atoms with Gasteiger partial charge in [0.1, 0.15) is 5.15 Å². The first-order chi connectivity index (χ1) is 6.25. The van der Waals surface area contributed by atoms with E-state index in [1.165, 1.54) is 0 Å². The summed E-state index contributed by atoms with van der Waals surface area (Å²) in [7, 11) is 0. The number of rotatable bonds is 2. The van der Waals surface area contributed by atoms with E-state index in [4.69, 9.17) is 22.6 Å². The fraction of sp³-hybridized carbons (Fsp3) is 0.111. The van der Waals surface area contributed by atoms with Crippen LogP contribution in [0.5, 0.6) is 0 Å². The quantitative estimate of drug-likeness (QED) is 0.733. The van der Waals surface area contributed by atoms with Crippen LogP contribution in [-0.4, -0.2) is 4.98 Å². The molecule has 0 radical (unpaired) electrons. The number of pyridine rings is 1. The Hall–Kier alpha value is -1.53. The van der Waals surface area contributed by atoms with Crippen molar-refractivity contribution in [2.75, 3.05) is 5.73 Å². The van der Waals surface area contributed by atoms with Crippen molar-refractivity contribution in [1.82, 2.24) is 4.98 Å². The Morgan fingerprint density at radius 3 is 3.08 bits per heavy atom. The Kier molecular flexibility index (Phi) is 3.30. The molecule has 1 aromatic heterocycles. The fourth-order valence-electron chi connectivity index (χ4n) is 0.856. The summed E-state index contributed by atoms with van der Waals surface area (Å²) in [6.45, 7) is 0. The smallest absolute Gasteiger partial charge is 0.138 e. The number of nitrogen functional groups attached to an aromatic ring is 1. The Balaban J connectivity index is 2.94. The molecule has 0 aliphatic rings. The highest BCUT2D eigenvalue weighted by Crippen LogP contribution is 2.20. The van der Waals surface area contributed by atoms with Crippen molar-refractivity contribution in [2.45, 2.75) is 6.42 Å². The summed E-state index contributed by atoms with van der Waals surface area (Å²) in [6.07, 6.45) is 5.27. The predicted molar refractivity (Wildman–Crippen MR) is 52.9 cm³/mol. The van der Waals surface area contributed by atoms with Gasteiger partial charge in [0.2, 0.25) is 0 Å². The maximum atomic E-state index is 8.30. The zero-order valence-corrected chi connectivity index (χ0v) is 7.62. The highest BCUT2D eigenvalue weighted by atomic mass is 35.5. The Labute approximate surface area is 81.5 Å². The average Bonchev–Trinajstić information content (AvgIpc) is 2.10. The highest BCUT2D eigenvalue weighted by Gasteiger charge is 2.00. The number of anilines is 1. The number of hydrogen-bond acceptors (Lipinski definition) is 3. The van der Waals surface area contributed by atoms with Crippen molar-refractivity contribution in [3.8, 4) is 6.07 Å². The van der Waals surface area contributed by atoms with E-state index in [0.29, 0.717) is 22.8 Å². The summed E-state index contributed by atoms with van der Waals surface area (Å²) in [4.78, 5) is 3.87. The maximum absolute atomic E-state index is 8.30. The van der Waals surface area contributed by atoms with Crippen molar-refractivity contribution < 1.29 is 0 Å². The molecule has 0 aliphatic heterocycles. The first-order valence-electron chi connectivity index (χ1n) is 3.69. The minimum Gasteiger partial charge on any atom is -0.398 e. The summed E-state index contributed by atoms with van der Waals surface area (Å²) < 4.78 is 0. The van der Waals surface area contributed by atoms with Crippen molar-refractivity contribution in [1.29, 1.82) is 5.26 Å². The van der Waals surface area contributed by atoms with Gasteiger partial charge in [0.15, 0.2) is 0 Å². The number of allylic oxidation sites excluding steroid dienone is 1. The molecule has 13 heavy (non-hydrogen) atoms. The molecule has 0 atom stereocenters. The van der Waals surface area contributed by atoms with E-state index in [-0.39, 0.29) is 0 Å². The third kappa shape index (κ3) is 2.46. The van der Waals surface area contributed by atoms with Crippen molar-refractivity contribution in [2.24, 2.45) is 0 Å². The molecular formula is C9H8ClN3. The van der Waals surface area contributed by atoms with Crippen LogP contribution in [0, 0.1) is 11.3 Å². The van der Waals surface area contributed by atoms with Gasteiger partial charge >= 0.3 is 0 Å². The van der Waals surface area contributed by atoms with Crippen LogP contribution in [-0.2, 0) is 0 Å². The van der Waals surface area contributed by atoms with E-state index >= 15 is 0 Å². The van der Waals surface area contributed by atoms with E-state index in [2.05, 4.69) is 4.98 Å². The van der Waals surface area contributed by atoms with Gasteiger partial charge in [-0.1, -0.05) is 23.8 Å². The molecule has 3 nitrogen and oxygen atoms in total. The lowest BCUT2D eigenvalue weighted by Crippen LogP contribution is -1.91. The summed E-state index contributed by atoms with van der Waals surface area (Å²) in [6, 6.07) is 3.65. The molecule has 0 saturated carbocycles. The topological polar surface area (TPSA) is 62.7 Å². The first-order valence-corrected chi connectivity index (χ1v) is 4.07. The van der Waals surface area contributed by atoms with Crippen molar-refractivity contribution in [3.63, 3.8) is 0 Å². The molecule has 4 heteroatoms. The van der Waals surface area contributed by atoms with Crippen LogP contribution in [0.2, 0.25) is 5.15 Å². The molecule has 1 heterocycles. The van der Waals surface area contributed by atoms with Crippen LogP contribution < -0.4 is 5.73 Å². The number of nitriles is 1. The molecule has 0 bridgehead atoms. The molecule has 1 rings (SSSR count). The van der Waals surface area contributed by atoms with Gasteiger partial charge in [0.05, 0.1) is 12.5 Å². The second kappa shape index (κ2) is 4.48. The maximum Gasteiger partial charge on any atom is 0.138 e. The SMILES string of the molecule is N#CCC=Cc1c(N)ccnc1Cl. The fourth-order valence-corrected chi connectivity index (χ4v) is 1.08. The molecule has 0 spiro atoms. The third-order valence-corrected chi connectivity index (χ3v) is 1.77. The molecule has 0 unspecified atom stereocenters. The molecule has 1 aromatic rings. The lowest BCUT2D eigenvalue weighted by atomic mass is 10.2. The molecule has 0 fully saturated rings. The van der Waals surface area contributed by atoms with Crippen LogP contribution in [0.3, 0.4) is 0 Å². The van der Waals surface area contributed by atoms with Crippen LogP contribution in [0.4, 0.5) is 5.69 Å². The van der Waals surface area contributed by atoms with Crippen LogP contribution in [0.15, 0.2) is 18.3 Å². The molecule has 0 saturated heterocycles. The average molecular weight is 194 g/mol. The van der Waals surface area contributed by atoms with Gasteiger partial charge in [-0.15, -0.1) is 0 Å². The first kappa shape index (κ1) is 9.56. The number of hydrogen-bond donors (Lipinski definition) is 1. The summed E-state index contributed by atoms with van der Waals surface area (Å²) in [5.74, 6) is 0. The predicted octanol–water partition coefficient (Wildman–Crippen LogP) is 2.24. The zero-order valence-electron chi connectivity index (χ0n) is 6.87. The van der Waals surface area contributed by atoms with E-state index < -0.39 is 0 Å². The minimum atomic E-state index is 0.338. The second-order valence-electron chi connectivity index (χ2n) is 2.37. The van der Waals surface area contributed by atoms with E-state index in [0.717, 1.165) is 0 Å². The molecule has 0 aromatic carbocycles. The Bertz CT molecular complexity index is 345. The van der Waals surface area contributed by atoms with Crippen molar-refractivity contribution >= 4 is 23.4 Å². The molecule has 2 N–H and O–H groups in total. The second-order valence-corrected chi connectivity index (χ2v) is 2.73. The van der Waals surface area contributed by atoms with Crippen LogP contribution in [0.1, 0.15) is 12.0 Å².